The van der Waals surface area contributed by atoms with Crippen molar-refractivity contribution in [3.8, 4) is 0 Å². The highest BCUT2D eigenvalue weighted by Crippen LogP contribution is 2.27. The van der Waals surface area contributed by atoms with Gasteiger partial charge < -0.3 is 26.0 Å². The molecular weight excluding hydrogens is 508 g/mol. The lowest BCUT2D eigenvalue weighted by Crippen LogP contribution is -2.53. The van der Waals surface area contributed by atoms with E-state index >= 15 is 0 Å². The Hall–Kier alpha value is -3.10. The van der Waals surface area contributed by atoms with Crippen LogP contribution in [0.4, 0.5) is 4.79 Å². The minimum Gasteiger partial charge on any atom is -0.444 e. The summed E-state index contributed by atoms with van der Waals surface area (Å²) < 4.78 is 5.40. The third-order valence-corrected chi connectivity index (χ3v) is 6.56. The molecule has 2 unspecified atom stereocenters. The van der Waals surface area contributed by atoms with Crippen LogP contribution < -0.4 is 16.4 Å². The molecule has 2 atom stereocenters. The number of ether oxygens (including phenoxy) is 1. The fraction of sp³-hybridized carbons (Fsp3) is 0.677. The first-order valence-electron chi connectivity index (χ1n) is 14.7. The van der Waals surface area contributed by atoms with Crippen molar-refractivity contribution in [2.75, 3.05) is 13.1 Å². The van der Waals surface area contributed by atoms with Crippen LogP contribution in [0.3, 0.4) is 0 Å². The van der Waals surface area contributed by atoms with E-state index in [1.54, 1.807) is 25.7 Å². The van der Waals surface area contributed by atoms with Gasteiger partial charge in [0.05, 0.1) is 0 Å². The molecule has 0 aliphatic heterocycles. The van der Waals surface area contributed by atoms with Crippen molar-refractivity contribution >= 4 is 23.8 Å². The molecule has 0 heterocycles. The Kier molecular flexibility index (Phi) is 15.3. The van der Waals surface area contributed by atoms with E-state index in [4.69, 9.17) is 10.5 Å². The summed E-state index contributed by atoms with van der Waals surface area (Å²) in [4.78, 5) is 53.9. The molecule has 0 saturated carbocycles. The topological polar surface area (TPSA) is 131 Å². The molecule has 1 aromatic carbocycles. The Morgan fingerprint density at radius 3 is 2.20 bits per heavy atom. The molecule has 0 aliphatic rings. The van der Waals surface area contributed by atoms with Crippen LogP contribution in [0, 0.1) is 13.8 Å². The zero-order valence-corrected chi connectivity index (χ0v) is 25.7. The molecule has 9 heteroatoms. The van der Waals surface area contributed by atoms with Gasteiger partial charge in [-0.25, -0.2) is 4.79 Å². The van der Waals surface area contributed by atoms with Crippen molar-refractivity contribution in [3.63, 3.8) is 0 Å². The summed E-state index contributed by atoms with van der Waals surface area (Å²) in [7, 11) is 0. The van der Waals surface area contributed by atoms with Gasteiger partial charge in [0.25, 0.3) is 0 Å². The number of nitrogens with two attached hydrogens (primary N) is 1. The van der Waals surface area contributed by atoms with Crippen molar-refractivity contribution in [2.45, 2.75) is 124 Å². The lowest BCUT2D eigenvalue weighted by Gasteiger charge is -2.35. The van der Waals surface area contributed by atoms with Gasteiger partial charge in [0, 0.05) is 19.5 Å². The zero-order valence-electron chi connectivity index (χ0n) is 25.7. The number of hydrogen-bond acceptors (Lipinski definition) is 5. The van der Waals surface area contributed by atoms with Gasteiger partial charge in [0.1, 0.15) is 17.7 Å². The predicted octanol–water partition coefficient (Wildman–Crippen LogP) is 5.22. The van der Waals surface area contributed by atoms with Gasteiger partial charge in [0.15, 0.2) is 0 Å². The van der Waals surface area contributed by atoms with Gasteiger partial charge in [-0.05, 0) is 65.0 Å². The Morgan fingerprint density at radius 1 is 0.975 bits per heavy atom. The molecule has 1 aromatic rings. The lowest BCUT2D eigenvalue weighted by molar-refractivity contribution is -0.142. The average molecular weight is 561 g/mol. The van der Waals surface area contributed by atoms with Gasteiger partial charge in [0.2, 0.25) is 17.7 Å². The standard InChI is InChI=1S/C31H52N4O5/c1-8-10-12-14-20-35(29(38)25(17-18-26(32)36)34-30(39)40-31(5,6)7)27(28(37)33-19-13-11-9-2)24-16-15-22(3)21-23(24)4/h15-16,21,25,27H,8-14,17-20H2,1-7H3,(H2,32,36)(H,33,37)(H,34,39). The fourth-order valence-corrected chi connectivity index (χ4v) is 4.54. The van der Waals surface area contributed by atoms with Gasteiger partial charge in [-0.2, -0.15) is 0 Å². The third kappa shape index (κ3) is 12.8. The number of primary amides is 1. The number of nitrogens with one attached hydrogen (secondary N) is 2. The highest BCUT2D eigenvalue weighted by atomic mass is 16.6. The van der Waals surface area contributed by atoms with Crippen LogP contribution in [-0.2, 0) is 19.1 Å². The second-order valence-electron chi connectivity index (χ2n) is 11.6. The summed E-state index contributed by atoms with van der Waals surface area (Å²) in [5.41, 5.74) is 7.31. The van der Waals surface area contributed by atoms with E-state index in [0.29, 0.717) is 19.5 Å². The number of amides is 4. The largest absolute Gasteiger partial charge is 0.444 e. The number of rotatable bonds is 17. The second kappa shape index (κ2) is 17.6. The number of carbonyl (C=O) groups excluding carboxylic acids is 4. The summed E-state index contributed by atoms with van der Waals surface area (Å²) in [5, 5.41) is 5.68. The lowest BCUT2D eigenvalue weighted by atomic mass is 9.95. The smallest absolute Gasteiger partial charge is 0.408 e. The van der Waals surface area contributed by atoms with Crippen molar-refractivity contribution in [2.24, 2.45) is 5.73 Å². The SMILES string of the molecule is CCCCCCN(C(=O)C(CCC(N)=O)NC(=O)OC(C)(C)C)C(C(=O)NCCCCC)c1ccc(C)cc1C. The van der Waals surface area contributed by atoms with E-state index in [9.17, 15) is 19.2 Å². The monoisotopic (exact) mass is 560 g/mol. The molecule has 0 fully saturated rings. The molecule has 226 valence electrons. The minimum absolute atomic E-state index is 0.00338. The van der Waals surface area contributed by atoms with Crippen molar-refractivity contribution < 1.29 is 23.9 Å². The summed E-state index contributed by atoms with van der Waals surface area (Å²) in [5.74, 6) is -1.30. The molecular formula is C31H52N4O5. The molecule has 40 heavy (non-hydrogen) atoms. The van der Waals surface area contributed by atoms with E-state index in [1.165, 1.54) is 0 Å². The number of carbonyl (C=O) groups is 4. The molecule has 0 aromatic heterocycles. The predicted molar refractivity (Wildman–Crippen MR) is 159 cm³/mol. The van der Waals surface area contributed by atoms with E-state index < -0.39 is 35.6 Å². The zero-order chi connectivity index (χ0) is 30.3. The van der Waals surface area contributed by atoms with Gasteiger partial charge in [-0.15, -0.1) is 0 Å². The minimum atomic E-state index is -1.09. The maximum absolute atomic E-state index is 14.2. The maximum Gasteiger partial charge on any atom is 0.408 e. The number of nitrogens with zero attached hydrogens (tertiary/aromatic N) is 1. The number of benzene rings is 1. The van der Waals surface area contributed by atoms with Gasteiger partial charge in [-0.3, -0.25) is 14.4 Å². The van der Waals surface area contributed by atoms with Crippen LogP contribution in [0.1, 0.15) is 115 Å². The quantitative estimate of drug-likeness (QED) is 0.225. The first-order chi connectivity index (χ1) is 18.8. The van der Waals surface area contributed by atoms with Crippen LogP contribution in [-0.4, -0.2) is 53.4 Å². The van der Waals surface area contributed by atoms with E-state index in [0.717, 1.165) is 55.2 Å². The van der Waals surface area contributed by atoms with Gasteiger partial charge >= 0.3 is 6.09 Å². The summed E-state index contributed by atoms with van der Waals surface area (Å²) in [6.07, 6.45) is 5.59. The number of alkyl carbamates (subject to hydrolysis) is 1. The first kappa shape index (κ1) is 34.9. The normalized spacial score (nSPS) is 12.8. The third-order valence-electron chi connectivity index (χ3n) is 6.56. The van der Waals surface area contributed by atoms with Crippen LogP contribution in [0.2, 0.25) is 0 Å². The molecule has 4 amide bonds. The summed E-state index contributed by atoms with van der Waals surface area (Å²) >= 11 is 0. The molecule has 0 spiro atoms. The van der Waals surface area contributed by atoms with Gasteiger partial charge in [-0.1, -0.05) is 69.7 Å². The Balaban J connectivity index is 3.52. The summed E-state index contributed by atoms with van der Waals surface area (Å²) in [6.45, 7) is 14.1. The molecule has 4 N–H and O–H groups in total. The fourth-order valence-electron chi connectivity index (χ4n) is 4.54. The Morgan fingerprint density at radius 2 is 1.62 bits per heavy atom. The molecule has 0 aliphatic carbocycles. The van der Waals surface area contributed by atoms with E-state index in [-0.39, 0.29) is 18.7 Å². The van der Waals surface area contributed by atoms with E-state index in [1.807, 2.05) is 32.0 Å². The molecule has 1 rings (SSSR count). The highest BCUT2D eigenvalue weighted by molar-refractivity contribution is 5.92. The van der Waals surface area contributed by atoms with Crippen molar-refractivity contribution in [1.82, 2.24) is 15.5 Å². The Bertz CT molecular complexity index is 973. The molecule has 0 radical (unpaired) electrons. The summed E-state index contributed by atoms with van der Waals surface area (Å²) in [6, 6.07) is 3.84. The Labute approximate surface area is 241 Å². The van der Waals surface area contributed by atoms with E-state index in [2.05, 4.69) is 24.5 Å². The molecule has 9 nitrogen and oxygen atoms in total. The van der Waals surface area contributed by atoms with Crippen molar-refractivity contribution in [1.29, 1.82) is 0 Å². The van der Waals surface area contributed by atoms with Crippen molar-refractivity contribution in [3.05, 3.63) is 34.9 Å². The van der Waals surface area contributed by atoms with Crippen LogP contribution in [0.5, 0.6) is 0 Å². The van der Waals surface area contributed by atoms with Crippen LogP contribution in [0.25, 0.3) is 0 Å². The first-order valence-corrected chi connectivity index (χ1v) is 14.7. The van der Waals surface area contributed by atoms with Crippen LogP contribution in [0.15, 0.2) is 18.2 Å². The molecule has 0 bridgehead atoms. The van der Waals surface area contributed by atoms with Crippen LogP contribution >= 0.6 is 0 Å². The average Bonchev–Trinajstić information content (AvgIpc) is 2.85. The number of aryl methyl sites for hydroxylation is 2. The molecule has 0 saturated heterocycles. The number of hydrogen-bond donors (Lipinski definition) is 3. The highest BCUT2D eigenvalue weighted by Gasteiger charge is 2.36. The second-order valence-corrected chi connectivity index (χ2v) is 11.6. The maximum atomic E-state index is 14.2. The number of unbranched alkanes of at least 4 members (excludes halogenated alkanes) is 5.